The van der Waals surface area contributed by atoms with E-state index in [1.807, 2.05) is 0 Å². The Bertz CT molecular complexity index is 1440. The fourth-order valence-electron chi connectivity index (χ4n) is 4.17. The maximum atomic E-state index is 13.9. The molecule has 0 spiro atoms. The number of ether oxygens (including phenoxy) is 1. The second-order valence-corrected chi connectivity index (χ2v) is 9.61. The number of carbonyl (C=O) groups excluding carboxylic acids is 1. The van der Waals surface area contributed by atoms with Crippen molar-refractivity contribution in [2.24, 2.45) is 10.1 Å². The molecule has 2 aliphatic rings. The Kier molecular flexibility index (Phi) is 7.08. The van der Waals surface area contributed by atoms with E-state index >= 15 is 0 Å². The van der Waals surface area contributed by atoms with Crippen molar-refractivity contribution in [2.45, 2.75) is 24.6 Å². The number of carbonyl (C=O) groups is 1. The zero-order valence-electron chi connectivity index (χ0n) is 19.6. The maximum absolute atomic E-state index is 13.9. The molecule has 38 heavy (non-hydrogen) atoms. The number of cyclic esters (lactones) is 1. The molecule has 0 saturated carbocycles. The van der Waals surface area contributed by atoms with Crippen LogP contribution in [0, 0.1) is 5.82 Å². The van der Waals surface area contributed by atoms with Crippen molar-refractivity contribution in [3.8, 4) is 0 Å². The van der Waals surface area contributed by atoms with Crippen LogP contribution in [-0.2, 0) is 9.57 Å². The highest BCUT2D eigenvalue weighted by Gasteiger charge is 2.42. The molecule has 0 unspecified atom stereocenters. The average molecular weight is 566 g/mol. The van der Waals surface area contributed by atoms with Crippen molar-refractivity contribution in [3.05, 3.63) is 74.8 Å². The summed E-state index contributed by atoms with van der Waals surface area (Å²) in [6.45, 7) is -2.97. The van der Waals surface area contributed by atoms with Gasteiger partial charge in [-0.1, -0.05) is 22.8 Å². The molecule has 15 heteroatoms. The molecule has 2 aliphatic heterocycles. The van der Waals surface area contributed by atoms with E-state index in [1.165, 1.54) is 42.9 Å². The molecule has 2 aromatic heterocycles. The number of alkyl halides is 2. The molecule has 2 N–H and O–H groups in total. The van der Waals surface area contributed by atoms with Crippen LogP contribution >= 0.6 is 22.9 Å². The number of oxime groups is 1. The number of aliphatic imine (C=N–C) groups is 1. The lowest BCUT2D eigenvalue weighted by molar-refractivity contribution is 0.0564. The molecule has 4 heterocycles. The summed E-state index contributed by atoms with van der Waals surface area (Å²) >= 11 is 7.77. The zero-order valence-corrected chi connectivity index (χ0v) is 21.1. The first kappa shape index (κ1) is 25.7. The third-order valence-corrected chi connectivity index (χ3v) is 6.92. The third-order valence-electron chi connectivity index (χ3n) is 5.81. The van der Waals surface area contributed by atoms with E-state index in [1.54, 1.807) is 11.6 Å². The van der Waals surface area contributed by atoms with E-state index < -0.39 is 30.0 Å². The van der Waals surface area contributed by atoms with Gasteiger partial charge in [-0.25, -0.2) is 18.9 Å². The van der Waals surface area contributed by atoms with Crippen molar-refractivity contribution in [2.75, 3.05) is 13.7 Å². The monoisotopic (exact) mass is 565 g/mol. The highest BCUT2D eigenvalue weighted by atomic mass is 35.5. The Morgan fingerprint density at radius 2 is 2.26 bits per heavy atom. The summed E-state index contributed by atoms with van der Waals surface area (Å²) in [5, 5.41) is 16.2. The minimum Gasteiger partial charge on any atom is -0.447 e. The molecule has 2 atom stereocenters. The van der Waals surface area contributed by atoms with Gasteiger partial charge in [-0.15, -0.1) is 11.3 Å². The first-order chi connectivity index (χ1) is 18.3. The number of nitrogens with zero attached hydrogens (tertiary/aromatic N) is 5. The lowest BCUT2D eigenvalue weighted by Gasteiger charge is -2.31. The molecular formula is C23H19ClF3N7O3S. The van der Waals surface area contributed by atoms with Crippen LogP contribution in [0.5, 0.6) is 0 Å². The highest BCUT2D eigenvalue weighted by Crippen LogP contribution is 2.42. The second kappa shape index (κ2) is 10.5. The maximum Gasteiger partial charge on any atom is 0.408 e. The Labute approximate surface area is 222 Å². The van der Waals surface area contributed by atoms with Crippen LogP contribution in [0.3, 0.4) is 0 Å². The molecule has 3 aromatic rings. The van der Waals surface area contributed by atoms with Crippen LogP contribution < -0.4 is 10.6 Å². The quantitative estimate of drug-likeness (QED) is 0.306. The number of amides is 1. The van der Waals surface area contributed by atoms with Gasteiger partial charge in [0.05, 0.1) is 11.9 Å². The topological polar surface area (TPSA) is 115 Å². The summed E-state index contributed by atoms with van der Waals surface area (Å²) in [6, 6.07) is 4.37. The number of thiazole rings is 1. The van der Waals surface area contributed by atoms with Gasteiger partial charge in [0.25, 0.3) is 0 Å². The number of benzene rings is 1. The molecule has 1 saturated heterocycles. The Morgan fingerprint density at radius 1 is 1.42 bits per heavy atom. The van der Waals surface area contributed by atoms with Gasteiger partial charge >= 0.3 is 12.6 Å². The van der Waals surface area contributed by atoms with E-state index in [0.29, 0.717) is 32.4 Å². The predicted octanol–water partition coefficient (Wildman–Crippen LogP) is 4.53. The van der Waals surface area contributed by atoms with Crippen molar-refractivity contribution >= 4 is 46.7 Å². The standard InChI is InChI=1S/C23H19ClF3N7O3S/c1-36-29-10-23(11-37-22(35)32-23)9-16-17(15-4-6-34(33-15)21(26)27)18(13-3-2-12(25)8-14(13)24)31-19(30-16)20-28-5-7-38-20/h2-8,10,18,21H,9,11H2,1H3,(H,30,31)(H,32,35)/b29-10+/t18-,23+/m0/s1. The predicted molar refractivity (Wildman–Crippen MR) is 134 cm³/mol. The lowest BCUT2D eigenvalue weighted by Crippen LogP contribution is -2.48. The number of amidine groups is 1. The van der Waals surface area contributed by atoms with Crippen molar-refractivity contribution in [1.29, 1.82) is 0 Å². The number of halogens is 4. The summed E-state index contributed by atoms with van der Waals surface area (Å²) in [7, 11) is 1.35. The summed E-state index contributed by atoms with van der Waals surface area (Å²) in [5.41, 5.74) is 0.250. The summed E-state index contributed by atoms with van der Waals surface area (Å²) in [4.78, 5) is 26.0. The molecule has 0 radical (unpaired) electrons. The molecule has 0 bridgehead atoms. The van der Waals surface area contributed by atoms with Crippen LogP contribution in [-0.4, -0.2) is 52.2 Å². The fourth-order valence-corrected chi connectivity index (χ4v) is 5.03. The first-order valence-corrected chi connectivity index (χ1v) is 12.3. The smallest absolute Gasteiger partial charge is 0.408 e. The fraction of sp³-hybridized carbons (Fsp3) is 0.261. The van der Waals surface area contributed by atoms with E-state index in [4.69, 9.17) is 26.2 Å². The summed E-state index contributed by atoms with van der Waals surface area (Å²) in [6.07, 6.45) is 3.50. The zero-order chi connectivity index (χ0) is 26.9. The van der Waals surface area contributed by atoms with Crippen molar-refractivity contribution in [1.82, 2.24) is 25.4 Å². The number of hydrogen-bond donors (Lipinski definition) is 2. The summed E-state index contributed by atoms with van der Waals surface area (Å²) < 4.78 is 46.5. The van der Waals surface area contributed by atoms with E-state index in [-0.39, 0.29) is 23.7 Å². The van der Waals surface area contributed by atoms with Crippen molar-refractivity contribution in [3.63, 3.8) is 0 Å². The second-order valence-electron chi connectivity index (χ2n) is 8.31. The molecule has 1 amide bonds. The molecule has 1 fully saturated rings. The molecule has 0 aliphatic carbocycles. The van der Waals surface area contributed by atoms with Gasteiger partial charge < -0.3 is 20.2 Å². The number of nitrogens with one attached hydrogen (secondary N) is 2. The van der Waals surface area contributed by atoms with Crippen molar-refractivity contribution < 1.29 is 27.5 Å². The first-order valence-electron chi connectivity index (χ1n) is 11.1. The number of alkyl carbamates (subject to hydrolysis) is 1. The van der Waals surface area contributed by atoms with Gasteiger partial charge in [-0.3, -0.25) is 4.99 Å². The Balaban J connectivity index is 1.71. The molecule has 198 valence electrons. The minimum absolute atomic E-state index is 0.0438. The van der Waals surface area contributed by atoms with Gasteiger partial charge in [-0.2, -0.15) is 13.9 Å². The molecular weight excluding hydrogens is 547 g/mol. The molecule has 10 nitrogen and oxygen atoms in total. The van der Waals surface area contributed by atoms with Gasteiger partial charge in [-0.05, 0) is 18.2 Å². The van der Waals surface area contributed by atoms with Crippen LogP contribution in [0.25, 0.3) is 5.57 Å². The average Bonchev–Trinajstić information content (AvgIpc) is 3.64. The highest BCUT2D eigenvalue weighted by molar-refractivity contribution is 7.11. The van der Waals surface area contributed by atoms with Gasteiger partial charge in [0, 0.05) is 46.1 Å². The SMILES string of the molecule is CO/N=C/[C@]1(CC2=C(c3ccn(C(F)F)n3)[C@H](c3ccc(F)cc3Cl)N=C(c3nccs3)N2)COC(=O)N1. The summed E-state index contributed by atoms with van der Waals surface area (Å²) in [5.74, 6) is -0.188. The Morgan fingerprint density at radius 3 is 2.89 bits per heavy atom. The largest absolute Gasteiger partial charge is 0.447 e. The Hall–Kier alpha value is -3.91. The van der Waals surface area contributed by atoms with Gasteiger partial charge in [0.15, 0.2) is 10.8 Å². The van der Waals surface area contributed by atoms with Gasteiger partial charge in [0.1, 0.15) is 31.1 Å². The van der Waals surface area contributed by atoms with Gasteiger partial charge in [0.2, 0.25) is 0 Å². The van der Waals surface area contributed by atoms with Crippen LogP contribution in [0.15, 0.2) is 57.9 Å². The van der Waals surface area contributed by atoms with E-state index in [2.05, 4.69) is 25.9 Å². The number of hydrogen-bond acceptors (Lipinski definition) is 9. The van der Waals surface area contributed by atoms with E-state index in [9.17, 15) is 18.0 Å². The normalized spacial score (nSPS) is 21.5. The third kappa shape index (κ3) is 5.09. The molecule has 1 aromatic carbocycles. The van der Waals surface area contributed by atoms with Crippen LogP contribution in [0.1, 0.15) is 35.3 Å². The lowest BCUT2D eigenvalue weighted by atomic mass is 9.87. The number of rotatable bonds is 8. The molecule has 5 rings (SSSR count). The minimum atomic E-state index is -2.88. The van der Waals surface area contributed by atoms with Crippen LogP contribution in [0.2, 0.25) is 5.02 Å². The van der Waals surface area contributed by atoms with E-state index in [0.717, 1.165) is 12.3 Å². The number of aromatic nitrogens is 3. The van der Waals surface area contributed by atoms with Crippen LogP contribution in [0.4, 0.5) is 18.0 Å².